The maximum atomic E-state index is 12.3. The van der Waals surface area contributed by atoms with Crippen LogP contribution in [0.4, 0.5) is 5.82 Å². The number of carbonyl (C=O) groups excluding carboxylic acids is 1. The van der Waals surface area contributed by atoms with Crippen molar-refractivity contribution in [2.24, 2.45) is 0 Å². The van der Waals surface area contributed by atoms with Gasteiger partial charge in [0.1, 0.15) is 12.4 Å². The van der Waals surface area contributed by atoms with Crippen molar-refractivity contribution in [3.05, 3.63) is 101 Å². The van der Waals surface area contributed by atoms with Crippen molar-refractivity contribution in [3.8, 4) is 17.0 Å². The zero-order chi connectivity index (χ0) is 21.2. The van der Waals surface area contributed by atoms with Crippen LogP contribution in [0.2, 0.25) is 5.02 Å². The van der Waals surface area contributed by atoms with Crippen LogP contribution in [-0.4, -0.2) is 16.1 Å². The molecule has 5 rings (SSSR count). The summed E-state index contributed by atoms with van der Waals surface area (Å²) in [5, 5.41) is 11.1. The number of rotatable bonds is 5. The van der Waals surface area contributed by atoms with Crippen LogP contribution in [-0.2, 0) is 11.4 Å². The van der Waals surface area contributed by atoms with Crippen molar-refractivity contribution in [1.29, 1.82) is 0 Å². The molecule has 4 aromatic rings. The van der Waals surface area contributed by atoms with Gasteiger partial charge in [0.05, 0.1) is 5.69 Å². The first-order valence-electron chi connectivity index (χ1n) is 10.1. The van der Waals surface area contributed by atoms with E-state index >= 15 is 0 Å². The standard InChI is InChI=1S/C25H20ClN3O2/c26-19-10-6-16(7-11-19)15-31-20-12-8-17(9-13-20)21-14-22(30)27-25-23(21)24(28-29-25)18-4-2-1-3-5-18/h1-13,21H,14-15H2,(H2,27,28,29,30). The van der Waals surface area contributed by atoms with E-state index in [4.69, 9.17) is 16.3 Å². The number of ether oxygens (including phenoxy) is 1. The maximum Gasteiger partial charge on any atom is 0.226 e. The van der Waals surface area contributed by atoms with Crippen LogP contribution >= 0.6 is 11.6 Å². The predicted octanol–water partition coefficient (Wildman–Crippen LogP) is 5.78. The Bertz CT molecular complexity index is 1200. The van der Waals surface area contributed by atoms with Gasteiger partial charge in [0.25, 0.3) is 0 Å². The highest BCUT2D eigenvalue weighted by molar-refractivity contribution is 6.30. The van der Waals surface area contributed by atoms with E-state index in [1.54, 1.807) is 0 Å². The fraction of sp³-hybridized carbons (Fsp3) is 0.120. The third-order valence-electron chi connectivity index (χ3n) is 5.46. The average Bonchev–Trinajstić information content (AvgIpc) is 3.23. The number of fused-ring (bicyclic) bond motifs is 1. The molecule has 0 saturated carbocycles. The molecule has 31 heavy (non-hydrogen) atoms. The molecule has 1 aliphatic heterocycles. The summed E-state index contributed by atoms with van der Waals surface area (Å²) in [4.78, 5) is 12.3. The van der Waals surface area contributed by atoms with Crippen LogP contribution < -0.4 is 10.1 Å². The molecule has 6 heteroatoms. The Morgan fingerprint density at radius 2 is 1.71 bits per heavy atom. The van der Waals surface area contributed by atoms with Crippen LogP contribution in [0.1, 0.15) is 29.0 Å². The highest BCUT2D eigenvalue weighted by atomic mass is 35.5. The first kappa shape index (κ1) is 19.4. The summed E-state index contributed by atoms with van der Waals surface area (Å²) in [5.41, 5.74) is 5.09. The molecule has 2 N–H and O–H groups in total. The van der Waals surface area contributed by atoms with Gasteiger partial charge < -0.3 is 10.1 Å². The number of nitrogens with one attached hydrogen (secondary N) is 2. The van der Waals surface area contributed by atoms with E-state index < -0.39 is 0 Å². The van der Waals surface area contributed by atoms with Gasteiger partial charge in [0, 0.05) is 22.9 Å². The molecular formula is C25H20ClN3O2. The van der Waals surface area contributed by atoms with E-state index in [-0.39, 0.29) is 11.8 Å². The Labute approximate surface area is 185 Å². The van der Waals surface area contributed by atoms with Crippen LogP contribution in [0, 0.1) is 0 Å². The molecule has 1 atom stereocenters. The van der Waals surface area contributed by atoms with Gasteiger partial charge in [-0.2, -0.15) is 5.10 Å². The highest BCUT2D eigenvalue weighted by Crippen LogP contribution is 2.41. The fourth-order valence-electron chi connectivity index (χ4n) is 3.91. The van der Waals surface area contributed by atoms with Gasteiger partial charge in [0.2, 0.25) is 5.91 Å². The summed E-state index contributed by atoms with van der Waals surface area (Å²) < 4.78 is 5.90. The number of aromatic nitrogens is 2. The second-order valence-electron chi connectivity index (χ2n) is 7.52. The molecule has 1 aromatic heterocycles. The highest BCUT2D eigenvalue weighted by Gasteiger charge is 2.32. The number of hydrogen-bond donors (Lipinski definition) is 2. The van der Waals surface area contributed by atoms with Crippen LogP contribution in [0.25, 0.3) is 11.3 Å². The third-order valence-corrected chi connectivity index (χ3v) is 5.72. The lowest BCUT2D eigenvalue weighted by atomic mass is 9.84. The van der Waals surface area contributed by atoms with E-state index in [2.05, 4.69) is 15.5 Å². The first-order chi connectivity index (χ1) is 15.2. The van der Waals surface area contributed by atoms with Crippen molar-refractivity contribution in [2.75, 3.05) is 5.32 Å². The topological polar surface area (TPSA) is 67.0 Å². The summed E-state index contributed by atoms with van der Waals surface area (Å²) in [7, 11) is 0. The smallest absolute Gasteiger partial charge is 0.226 e. The lowest BCUT2D eigenvalue weighted by Crippen LogP contribution is -2.23. The Kier molecular flexibility index (Phi) is 5.18. The van der Waals surface area contributed by atoms with E-state index in [0.717, 1.165) is 33.7 Å². The summed E-state index contributed by atoms with van der Waals surface area (Å²) >= 11 is 5.93. The quantitative estimate of drug-likeness (QED) is 0.422. The zero-order valence-corrected chi connectivity index (χ0v) is 17.4. The second kappa shape index (κ2) is 8.28. The van der Waals surface area contributed by atoms with Gasteiger partial charge in [-0.1, -0.05) is 66.2 Å². The molecule has 1 aliphatic rings. The molecular weight excluding hydrogens is 410 g/mol. The maximum absolute atomic E-state index is 12.3. The van der Waals surface area contributed by atoms with Crippen molar-refractivity contribution in [3.63, 3.8) is 0 Å². The SMILES string of the molecule is O=C1CC(c2ccc(OCc3ccc(Cl)cc3)cc2)c2c(n[nH]c2-c2ccccc2)N1. The van der Waals surface area contributed by atoms with Gasteiger partial charge in [-0.25, -0.2) is 0 Å². The molecule has 1 amide bonds. The van der Waals surface area contributed by atoms with Gasteiger partial charge >= 0.3 is 0 Å². The Hall–Kier alpha value is -3.57. The lowest BCUT2D eigenvalue weighted by Gasteiger charge is -2.23. The molecule has 154 valence electrons. The minimum atomic E-state index is -0.0805. The number of hydrogen-bond acceptors (Lipinski definition) is 3. The van der Waals surface area contributed by atoms with E-state index in [1.165, 1.54) is 0 Å². The lowest BCUT2D eigenvalue weighted by molar-refractivity contribution is -0.116. The molecule has 0 bridgehead atoms. The minimum absolute atomic E-state index is 0.0355. The summed E-state index contributed by atoms with van der Waals surface area (Å²) in [6, 6.07) is 25.6. The normalized spacial score (nSPS) is 15.3. The van der Waals surface area contributed by atoms with Gasteiger partial charge in [-0.3, -0.25) is 9.89 Å². The van der Waals surface area contributed by atoms with Gasteiger partial charge in [0.15, 0.2) is 5.82 Å². The summed E-state index contributed by atoms with van der Waals surface area (Å²) in [6.07, 6.45) is 0.372. The Balaban J connectivity index is 1.40. The molecule has 2 heterocycles. The molecule has 0 fully saturated rings. The molecule has 3 aromatic carbocycles. The van der Waals surface area contributed by atoms with Crippen LogP contribution in [0.3, 0.4) is 0 Å². The number of aromatic amines is 1. The minimum Gasteiger partial charge on any atom is -0.489 e. The number of amides is 1. The van der Waals surface area contributed by atoms with Crippen molar-refractivity contribution < 1.29 is 9.53 Å². The Morgan fingerprint density at radius 1 is 0.968 bits per heavy atom. The summed E-state index contributed by atoms with van der Waals surface area (Å²) in [5.74, 6) is 1.26. The molecule has 0 saturated heterocycles. The summed E-state index contributed by atoms with van der Waals surface area (Å²) in [6.45, 7) is 0.465. The van der Waals surface area contributed by atoms with Crippen LogP contribution in [0.5, 0.6) is 5.75 Å². The third kappa shape index (κ3) is 4.05. The number of halogens is 1. The predicted molar refractivity (Wildman–Crippen MR) is 121 cm³/mol. The number of H-pyrrole nitrogens is 1. The van der Waals surface area contributed by atoms with E-state index in [1.807, 2.05) is 78.9 Å². The number of benzene rings is 3. The van der Waals surface area contributed by atoms with Gasteiger partial charge in [-0.15, -0.1) is 0 Å². The number of carbonyl (C=O) groups is 1. The van der Waals surface area contributed by atoms with Crippen molar-refractivity contribution >= 4 is 23.3 Å². The largest absolute Gasteiger partial charge is 0.489 e. The molecule has 0 radical (unpaired) electrons. The van der Waals surface area contributed by atoms with E-state index in [9.17, 15) is 4.79 Å². The fourth-order valence-corrected chi connectivity index (χ4v) is 4.03. The number of nitrogens with zero attached hydrogens (tertiary/aromatic N) is 1. The Morgan fingerprint density at radius 3 is 2.45 bits per heavy atom. The van der Waals surface area contributed by atoms with Crippen molar-refractivity contribution in [2.45, 2.75) is 18.9 Å². The average molecular weight is 430 g/mol. The zero-order valence-electron chi connectivity index (χ0n) is 16.6. The second-order valence-corrected chi connectivity index (χ2v) is 7.95. The van der Waals surface area contributed by atoms with Gasteiger partial charge in [-0.05, 0) is 41.0 Å². The monoisotopic (exact) mass is 429 g/mol. The molecule has 5 nitrogen and oxygen atoms in total. The first-order valence-corrected chi connectivity index (χ1v) is 10.5. The molecule has 0 spiro atoms. The van der Waals surface area contributed by atoms with Crippen molar-refractivity contribution in [1.82, 2.24) is 10.2 Å². The number of anilines is 1. The molecule has 1 unspecified atom stereocenters. The van der Waals surface area contributed by atoms with E-state index in [0.29, 0.717) is 23.9 Å². The van der Waals surface area contributed by atoms with Crippen LogP contribution in [0.15, 0.2) is 78.9 Å². The molecule has 0 aliphatic carbocycles.